The first-order valence-electron chi connectivity index (χ1n) is 9.47. The molecule has 0 aromatic heterocycles. The molecular formula is C22H29N3O. The molecule has 1 aliphatic rings. The molecule has 26 heavy (non-hydrogen) atoms. The zero-order valence-corrected chi connectivity index (χ0v) is 15.9. The average molecular weight is 351 g/mol. The molecule has 1 N–H and O–H groups in total. The molecule has 4 nitrogen and oxygen atoms in total. The Hall–Kier alpha value is -2.33. The van der Waals surface area contributed by atoms with Gasteiger partial charge in [0.25, 0.3) is 0 Å². The van der Waals surface area contributed by atoms with E-state index in [1.165, 1.54) is 22.4 Å². The van der Waals surface area contributed by atoms with Gasteiger partial charge in [-0.25, -0.2) is 0 Å². The van der Waals surface area contributed by atoms with E-state index in [0.29, 0.717) is 13.0 Å². The molecule has 138 valence electrons. The molecule has 4 heteroatoms. The van der Waals surface area contributed by atoms with Crippen LogP contribution in [0.4, 0.5) is 5.69 Å². The maximum atomic E-state index is 12.1. The van der Waals surface area contributed by atoms with Gasteiger partial charge in [0.15, 0.2) is 0 Å². The monoisotopic (exact) mass is 351 g/mol. The predicted octanol–water partition coefficient (Wildman–Crippen LogP) is 3.13. The summed E-state index contributed by atoms with van der Waals surface area (Å²) < 4.78 is 0. The fourth-order valence-electron chi connectivity index (χ4n) is 3.40. The van der Waals surface area contributed by atoms with Gasteiger partial charge in [-0.05, 0) is 42.7 Å². The van der Waals surface area contributed by atoms with Gasteiger partial charge in [0.05, 0.1) is 0 Å². The third-order valence-corrected chi connectivity index (χ3v) is 5.13. The summed E-state index contributed by atoms with van der Waals surface area (Å²) >= 11 is 0. The lowest BCUT2D eigenvalue weighted by atomic mass is 10.1. The van der Waals surface area contributed by atoms with Gasteiger partial charge in [0.1, 0.15) is 0 Å². The Morgan fingerprint density at radius 2 is 1.77 bits per heavy atom. The smallest absolute Gasteiger partial charge is 0.221 e. The number of hydrogen-bond acceptors (Lipinski definition) is 3. The zero-order valence-electron chi connectivity index (χ0n) is 15.9. The predicted molar refractivity (Wildman–Crippen MR) is 107 cm³/mol. The molecule has 3 rings (SSSR count). The van der Waals surface area contributed by atoms with Crippen LogP contribution in [0.2, 0.25) is 0 Å². The second-order valence-electron chi connectivity index (χ2n) is 7.12. The van der Waals surface area contributed by atoms with Crippen molar-refractivity contribution in [1.29, 1.82) is 0 Å². The number of benzene rings is 2. The van der Waals surface area contributed by atoms with Crippen LogP contribution in [0.1, 0.15) is 23.1 Å². The highest BCUT2D eigenvalue weighted by molar-refractivity contribution is 5.76. The summed E-state index contributed by atoms with van der Waals surface area (Å²) in [6.07, 6.45) is 0.566. The first kappa shape index (κ1) is 18.5. The average Bonchev–Trinajstić information content (AvgIpc) is 2.66. The van der Waals surface area contributed by atoms with Crippen LogP contribution in [0.25, 0.3) is 0 Å². The fraction of sp³-hybridized carbons (Fsp3) is 0.409. The Kier molecular flexibility index (Phi) is 6.29. The zero-order chi connectivity index (χ0) is 18.4. The standard InChI is InChI=1S/C22H29N3O/c1-18-6-5-9-21(16-18)25-14-12-24(13-15-25)11-10-22(26)23-17-20-8-4-3-7-19(20)2/h3-9,16H,10-15,17H2,1-2H3,(H,23,26). The molecule has 1 heterocycles. The van der Waals surface area contributed by atoms with Gasteiger partial charge in [0.2, 0.25) is 5.91 Å². The lowest BCUT2D eigenvalue weighted by Crippen LogP contribution is -2.47. The molecule has 0 aliphatic carbocycles. The van der Waals surface area contributed by atoms with Gasteiger partial charge >= 0.3 is 0 Å². The Morgan fingerprint density at radius 1 is 1.00 bits per heavy atom. The molecule has 2 aromatic carbocycles. The van der Waals surface area contributed by atoms with Crippen molar-refractivity contribution in [2.75, 3.05) is 37.6 Å². The van der Waals surface area contributed by atoms with Gasteiger partial charge in [-0.2, -0.15) is 0 Å². The van der Waals surface area contributed by atoms with E-state index in [9.17, 15) is 4.79 Å². The lowest BCUT2D eigenvalue weighted by Gasteiger charge is -2.36. The highest BCUT2D eigenvalue weighted by atomic mass is 16.1. The summed E-state index contributed by atoms with van der Waals surface area (Å²) in [5.74, 6) is 0.134. The molecule has 1 fully saturated rings. The third kappa shape index (κ3) is 5.09. The first-order valence-corrected chi connectivity index (χ1v) is 9.47. The molecule has 1 amide bonds. The maximum Gasteiger partial charge on any atom is 0.221 e. The summed E-state index contributed by atoms with van der Waals surface area (Å²) in [7, 11) is 0. The number of piperazine rings is 1. The molecule has 2 aromatic rings. The maximum absolute atomic E-state index is 12.1. The molecule has 0 saturated carbocycles. The summed E-state index contributed by atoms with van der Waals surface area (Å²) in [6.45, 7) is 9.74. The number of carbonyl (C=O) groups is 1. The molecule has 0 atom stereocenters. The van der Waals surface area contributed by atoms with Crippen LogP contribution >= 0.6 is 0 Å². The summed E-state index contributed by atoms with van der Waals surface area (Å²) in [4.78, 5) is 17.0. The van der Waals surface area contributed by atoms with Crippen molar-refractivity contribution in [3.8, 4) is 0 Å². The highest BCUT2D eigenvalue weighted by Crippen LogP contribution is 2.17. The van der Waals surface area contributed by atoms with E-state index in [2.05, 4.69) is 65.4 Å². The van der Waals surface area contributed by atoms with Crippen LogP contribution in [0.5, 0.6) is 0 Å². The minimum Gasteiger partial charge on any atom is -0.369 e. The second-order valence-corrected chi connectivity index (χ2v) is 7.12. The van der Waals surface area contributed by atoms with Crippen LogP contribution in [0, 0.1) is 13.8 Å². The Balaban J connectivity index is 1.38. The molecule has 0 unspecified atom stereocenters. The van der Waals surface area contributed by atoms with Gasteiger partial charge in [-0.3, -0.25) is 9.69 Å². The van der Waals surface area contributed by atoms with E-state index in [1.54, 1.807) is 0 Å². The first-order chi connectivity index (χ1) is 12.6. The highest BCUT2D eigenvalue weighted by Gasteiger charge is 2.17. The van der Waals surface area contributed by atoms with Crippen molar-refractivity contribution in [2.24, 2.45) is 0 Å². The molecule has 0 spiro atoms. The van der Waals surface area contributed by atoms with Gasteiger partial charge in [0, 0.05) is 51.4 Å². The van der Waals surface area contributed by atoms with Crippen molar-refractivity contribution >= 4 is 11.6 Å². The van der Waals surface area contributed by atoms with E-state index in [0.717, 1.165) is 32.7 Å². The number of nitrogens with one attached hydrogen (secondary N) is 1. The van der Waals surface area contributed by atoms with E-state index < -0.39 is 0 Å². The van der Waals surface area contributed by atoms with Crippen LogP contribution in [0.3, 0.4) is 0 Å². The van der Waals surface area contributed by atoms with E-state index in [-0.39, 0.29) is 5.91 Å². The topological polar surface area (TPSA) is 35.6 Å². The molecule has 1 saturated heterocycles. The van der Waals surface area contributed by atoms with E-state index in [1.807, 2.05) is 12.1 Å². The molecular weight excluding hydrogens is 322 g/mol. The van der Waals surface area contributed by atoms with Crippen molar-refractivity contribution in [3.05, 3.63) is 65.2 Å². The molecule has 0 radical (unpaired) electrons. The lowest BCUT2D eigenvalue weighted by molar-refractivity contribution is -0.121. The molecule has 1 aliphatic heterocycles. The second kappa shape index (κ2) is 8.86. The number of aryl methyl sites for hydroxylation is 2. The number of carbonyl (C=O) groups excluding carboxylic acids is 1. The summed E-state index contributed by atoms with van der Waals surface area (Å²) in [6, 6.07) is 16.9. The number of hydrogen-bond donors (Lipinski definition) is 1. The van der Waals surface area contributed by atoms with Crippen LogP contribution < -0.4 is 10.2 Å². The summed E-state index contributed by atoms with van der Waals surface area (Å²) in [5.41, 5.74) is 5.02. The van der Waals surface area contributed by atoms with Crippen molar-refractivity contribution in [3.63, 3.8) is 0 Å². The van der Waals surface area contributed by atoms with Gasteiger partial charge < -0.3 is 10.2 Å². The third-order valence-electron chi connectivity index (χ3n) is 5.13. The SMILES string of the molecule is Cc1cccc(N2CCN(CCC(=O)NCc3ccccc3C)CC2)c1. The van der Waals surface area contributed by atoms with Crippen molar-refractivity contribution in [1.82, 2.24) is 10.2 Å². The summed E-state index contributed by atoms with van der Waals surface area (Å²) in [5, 5.41) is 3.04. The van der Waals surface area contributed by atoms with Crippen LogP contribution in [0.15, 0.2) is 48.5 Å². The van der Waals surface area contributed by atoms with Gasteiger partial charge in [-0.15, -0.1) is 0 Å². The Labute approximate surface area is 156 Å². The fourth-order valence-corrected chi connectivity index (χ4v) is 3.40. The minimum atomic E-state index is 0.134. The molecule has 0 bridgehead atoms. The minimum absolute atomic E-state index is 0.134. The number of nitrogens with zero attached hydrogens (tertiary/aromatic N) is 2. The van der Waals surface area contributed by atoms with Gasteiger partial charge in [-0.1, -0.05) is 36.4 Å². The van der Waals surface area contributed by atoms with E-state index >= 15 is 0 Å². The normalized spacial score (nSPS) is 15.1. The van der Waals surface area contributed by atoms with Crippen LogP contribution in [-0.2, 0) is 11.3 Å². The largest absolute Gasteiger partial charge is 0.369 e. The number of anilines is 1. The van der Waals surface area contributed by atoms with Crippen molar-refractivity contribution in [2.45, 2.75) is 26.8 Å². The van der Waals surface area contributed by atoms with Crippen LogP contribution in [-0.4, -0.2) is 43.5 Å². The Bertz CT molecular complexity index is 736. The van der Waals surface area contributed by atoms with Crippen molar-refractivity contribution < 1.29 is 4.79 Å². The number of amides is 1. The van der Waals surface area contributed by atoms with E-state index in [4.69, 9.17) is 0 Å². The number of rotatable bonds is 6. The Morgan fingerprint density at radius 3 is 2.50 bits per heavy atom. The quantitative estimate of drug-likeness (QED) is 0.868.